The van der Waals surface area contributed by atoms with Crippen molar-refractivity contribution >= 4 is 22.5 Å². The largest absolute Gasteiger partial charge is 0.358 e. The van der Waals surface area contributed by atoms with Crippen LogP contribution < -0.4 is 0 Å². The first kappa shape index (κ1) is 7.45. The molecule has 1 nitrogen and oxygen atoms in total. The van der Waals surface area contributed by atoms with E-state index in [1.54, 1.807) is 0 Å². The number of hydrogen-bond donors (Lipinski definition) is 1. The molecular weight excluding hydrogens is 182 g/mol. The molecule has 2 heteroatoms. The minimum absolute atomic E-state index is 0.214. The molecule has 0 aliphatic heterocycles. The zero-order valence-electron chi connectivity index (χ0n) is 7.18. The Balaban J connectivity index is 2.40. The SMILES string of the molecule is ClC1CCc2[nH]c3ccccc3c21. The lowest BCUT2D eigenvalue weighted by atomic mass is 10.1. The monoisotopic (exact) mass is 191 g/mol. The highest BCUT2D eigenvalue weighted by Gasteiger charge is 2.24. The fourth-order valence-corrected chi connectivity index (χ4v) is 2.55. The summed E-state index contributed by atoms with van der Waals surface area (Å²) in [4.78, 5) is 3.42. The number of nitrogens with one attached hydrogen (secondary N) is 1. The number of rotatable bonds is 0. The van der Waals surface area contributed by atoms with Crippen molar-refractivity contribution in [3.8, 4) is 0 Å². The molecule has 1 aliphatic carbocycles. The summed E-state index contributed by atoms with van der Waals surface area (Å²) in [6.45, 7) is 0. The van der Waals surface area contributed by atoms with Crippen LogP contribution in [0.5, 0.6) is 0 Å². The highest BCUT2D eigenvalue weighted by Crippen LogP contribution is 2.40. The zero-order valence-corrected chi connectivity index (χ0v) is 7.93. The first-order valence-electron chi connectivity index (χ1n) is 4.60. The van der Waals surface area contributed by atoms with Gasteiger partial charge in [-0.3, -0.25) is 0 Å². The molecule has 66 valence electrons. The van der Waals surface area contributed by atoms with Gasteiger partial charge in [0.15, 0.2) is 0 Å². The lowest BCUT2D eigenvalue weighted by Gasteiger charge is -1.98. The standard InChI is InChI=1S/C11H10ClN/c12-8-5-6-10-11(8)7-3-1-2-4-9(7)13-10/h1-4,8,13H,5-6H2. The molecule has 1 heterocycles. The maximum Gasteiger partial charge on any atom is 0.0612 e. The van der Waals surface area contributed by atoms with E-state index in [1.165, 1.54) is 22.2 Å². The minimum atomic E-state index is 0.214. The van der Waals surface area contributed by atoms with Gasteiger partial charge in [-0.25, -0.2) is 0 Å². The average Bonchev–Trinajstić information content (AvgIpc) is 2.66. The van der Waals surface area contributed by atoms with E-state index in [0.29, 0.717) is 0 Å². The van der Waals surface area contributed by atoms with Gasteiger partial charge >= 0.3 is 0 Å². The van der Waals surface area contributed by atoms with Crippen molar-refractivity contribution in [1.82, 2.24) is 4.98 Å². The highest BCUT2D eigenvalue weighted by atomic mass is 35.5. The maximum absolute atomic E-state index is 6.24. The Hall–Kier alpha value is -0.950. The predicted octanol–water partition coefficient (Wildman–Crippen LogP) is 3.39. The molecule has 13 heavy (non-hydrogen) atoms. The van der Waals surface area contributed by atoms with Crippen molar-refractivity contribution in [1.29, 1.82) is 0 Å². The van der Waals surface area contributed by atoms with Gasteiger partial charge in [-0.05, 0) is 24.5 Å². The van der Waals surface area contributed by atoms with Crippen molar-refractivity contribution < 1.29 is 0 Å². The molecule has 0 saturated heterocycles. The van der Waals surface area contributed by atoms with E-state index in [1.807, 2.05) is 0 Å². The number of aromatic amines is 1. The highest BCUT2D eigenvalue weighted by molar-refractivity contribution is 6.22. The van der Waals surface area contributed by atoms with Gasteiger partial charge in [0.25, 0.3) is 0 Å². The molecule has 3 rings (SSSR count). The number of aryl methyl sites for hydroxylation is 1. The molecule has 0 amide bonds. The second-order valence-electron chi connectivity index (χ2n) is 3.57. The van der Waals surface area contributed by atoms with Crippen LogP contribution in [-0.4, -0.2) is 4.98 Å². The van der Waals surface area contributed by atoms with Gasteiger partial charge in [-0.15, -0.1) is 11.6 Å². The zero-order chi connectivity index (χ0) is 8.84. The van der Waals surface area contributed by atoms with Gasteiger partial charge in [-0.1, -0.05) is 18.2 Å². The van der Waals surface area contributed by atoms with E-state index in [9.17, 15) is 0 Å². The third-order valence-electron chi connectivity index (χ3n) is 2.79. The number of hydrogen-bond acceptors (Lipinski definition) is 0. The molecule has 0 bridgehead atoms. The third kappa shape index (κ3) is 0.939. The van der Waals surface area contributed by atoms with E-state index < -0.39 is 0 Å². The number of halogens is 1. The first-order valence-corrected chi connectivity index (χ1v) is 5.03. The Kier molecular flexibility index (Phi) is 1.44. The van der Waals surface area contributed by atoms with Crippen molar-refractivity contribution in [2.24, 2.45) is 0 Å². The molecule has 0 radical (unpaired) electrons. The topological polar surface area (TPSA) is 15.8 Å². The predicted molar refractivity (Wildman–Crippen MR) is 55.2 cm³/mol. The van der Waals surface area contributed by atoms with Crippen molar-refractivity contribution in [2.45, 2.75) is 18.2 Å². The smallest absolute Gasteiger partial charge is 0.0612 e. The van der Waals surface area contributed by atoms with Crippen LogP contribution in [0.15, 0.2) is 24.3 Å². The van der Waals surface area contributed by atoms with Crippen LogP contribution in [0.2, 0.25) is 0 Å². The van der Waals surface area contributed by atoms with Crippen LogP contribution in [0.3, 0.4) is 0 Å². The summed E-state index contributed by atoms with van der Waals surface area (Å²) in [7, 11) is 0. The molecular formula is C11H10ClN. The molecule has 0 spiro atoms. The Bertz CT molecular complexity index is 458. The van der Waals surface area contributed by atoms with Crippen LogP contribution in [0.25, 0.3) is 10.9 Å². The summed E-state index contributed by atoms with van der Waals surface area (Å²) in [5, 5.41) is 1.51. The molecule has 1 atom stereocenters. The normalized spacial score (nSPS) is 20.8. The van der Waals surface area contributed by atoms with Gasteiger partial charge in [0.2, 0.25) is 0 Å². The molecule has 0 saturated carbocycles. The van der Waals surface area contributed by atoms with Gasteiger partial charge in [0.05, 0.1) is 5.38 Å². The van der Waals surface area contributed by atoms with Gasteiger partial charge in [-0.2, -0.15) is 0 Å². The van der Waals surface area contributed by atoms with E-state index in [0.717, 1.165) is 12.8 Å². The fourth-order valence-electron chi connectivity index (χ4n) is 2.19. The van der Waals surface area contributed by atoms with Crippen LogP contribution in [0.4, 0.5) is 0 Å². The van der Waals surface area contributed by atoms with Crippen LogP contribution in [0, 0.1) is 0 Å². The Morgan fingerprint density at radius 1 is 1.31 bits per heavy atom. The van der Waals surface area contributed by atoms with Crippen LogP contribution >= 0.6 is 11.6 Å². The number of aromatic nitrogens is 1. The number of alkyl halides is 1. The van der Waals surface area contributed by atoms with E-state index in [4.69, 9.17) is 11.6 Å². The van der Waals surface area contributed by atoms with Crippen molar-refractivity contribution in [3.63, 3.8) is 0 Å². The first-order chi connectivity index (χ1) is 6.36. The number of para-hydroxylation sites is 1. The Morgan fingerprint density at radius 3 is 3.08 bits per heavy atom. The summed E-state index contributed by atoms with van der Waals surface area (Å²) in [6, 6.07) is 8.37. The summed E-state index contributed by atoms with van der Waals surface area (Å²) in [5.74, 6) is 0. The molecule has 1 aliphatic rings. The van der Waals surface area contributed by atoms with Crippen molar-refractivity contribution in [3.05, 3.63) is 35.5 Å². The Morgan fingerprint density at radius 2 is 2.15 bits per heavy atom. The van der Waals surface area contributed by atoms with Crippen LogP contribution in [-0.2, 0) is 6.42 Å². The van der Waals surface area contributed by atoms with Crippen LogP contribution in [0.1, 0.15) is 23.1 Å². The molecule has 1 aromatic heterocycles. The maximum atomic E-state index is 6.24. The lowest BCUT2D eigenvalue weighted by Crippen LogP contribution is -1.79. The van der Waals surface area contributed by atoms with E-state index in [-0.39, 0.29) is 5.38 Å². The van der Waals surface area contributed by atoms with E-state index >= 15 is 0 Å². The second-order valence-corrected chi connectivity index (χ2v) is 4.10. The molecule has 1 aromatic carbocycles. The second kappa shape index (κ2) is 2.52. The third-order valence-corrected chi connectivity index (χ3v) is 3.23. The summed E-state index contributed by atoms with van der Waals surface area (Å²) in [5.41, 5.74) is 3.89. The number of fused-ring (bicyclic) bond motifs is 3. The Labute approximate surface area is 81.7 Å². The van der Waals surface area contributed by atoms with Gasteiger partial charge in [0, 0.05) is 16.6 Å². The summed E-state index contributed by atoms with van der Waals surface area (Å²) >= 11 is 6.24. The van der Waals surface area contributed by atoms with E-state index in [2.05, 4.69) is 29.2 Å². The number of benzene rings is 1. The fraction of sp³-hybridized carbons (Fsp3) is 0.273. The summed E-state index contributed by atoms with van der Waals surface area (Å²) < 4.78 is 0. The molecule has 1 unspecified atom stereocenters. The quantitative estimate of drug-likeness (QED) is 0.615. The average molecular weight is 192 g/mol. The summed E-state index contributed by atoms with van der Waals surface area (Å²) in [6.07, 6.45) is 2.17. The molecule has 2 aromatic rings. The number of H-pyrrole nitrogens is 1. The minimum Gasteiger partial charge on any atom is -0.358 e. The lowest BCUT2D eigenvalue weighted by molar-refractivity contribution is 0.872. The molecule has 0 fully saturated rings. The molecule has 1 N–H and O–H groups in total. The van der Waals surface area contributed by atoms with Gasteiger partial charge < -0.3 is 4.98 Å². The van der Waals surface area contributed by atoms with Crippen molar-refractivity contribution in [2.75, 3.05) is 0 Å². The van der Waals surface area contributed by atoms with Gasteiger partial charge in [0.1, 0.15) is 0 Å².